The van der Waals surface area contributed by atoms with Gasteiger partial charge in [-0.05, 0) is 25.1 Å². The van der Waals surface area contributed by atoms with Crippen LogP contribution in [0.5, 0.6) is 5.75 Å². The van der Waals surface area contributed by atoms with Crippen LogP contribution < -0.4 is 15.4 Å². The van der Waals surface area contributed by atoms with Gasteiger partial charge in [0.1, 0.15) is 5.75 Å². The Kier molecular flexibility index (Phi) is 7.92. The Bertz CT molecular complexity index is 1350. The number of anilines is 1. The second-order valence-corrected chi connectivity index (χ2v) is 7.82. The van der Waals surface area contributed by atoms with Gasteiger partial charge in [-0.15, -0.1) is 0 Å². The van der Waals surface area contributed by atoms with Crippen LogP contribution in [-0.2, 0) is 14.3 Å². The average Bonchev–Trinajstić information content (AvgIpc) is 3.33. The molecule has 0 aliphatic rings. The number of hydrogen-bond acceptors (Lipinski definition) is 6. The molecule has 0 fully saturated rings. The summed E-state index contributed by atoms with van der Waals surface area (Å²) in [5.74, 6) is -1.05. The smallest absolute Gasteiger partial charge is 0.308 e. The van der Waals surface area contributed by atoms with Gasteiger partial charge in [-0.1, -0.05) is 60.7 Å². The van der Waals surface area contributed by atoms with Gasteiger partial charge in [-0.25, -0.2) is 0 Å². The lowest BCUT2D eigenvalue weighted by Gasteiger charge is -2.19. The molecule has 0 bridgehead atoms. The van der Waals surface area contributed by atoms with Crippen molar-refractivity contribution in [2.45, 2.75) is 19.4 Å². The predicted octanol–water partition coefficient (Wildman–Crippen LogP) is 4.00. The summed E-state index contributed by atoms with van der Waals surface area (Å²) in [6, 6.07) is 23.0. The van der Waals surface area contributed by atoms with Crippen molar-refractivity contribution in [3.8, 4) is 5.75 Å². The number of carbonyl (C=O) groups is 3. The maximum Gasteiger partial charge on any atom is 0.308 e. The van der Waals surface area contributed by atoms with E-state index < -0.39 is 23.9 Å². The lowest BCUT2D eigenvalue weighted by Crippen LogP contribution is -2.29. The van der Waals surface area contributed by atoms with E-state index in [0.717, 1.165) is 5.52 Å². The second kappa shape index (κ2) is 11.7. The third-order valence-corrected chi connectivity index (χ3v) is 5.33. The highest BCUT2D eigenvalue weighted by Crippen LogP contribution is 2.27. The molecule has 3 N–H and O–H groups in total. The topological polar surface area (TPSA) is 122 Å². The largest absolute Gasteiger partial charge is 0.492 e. The summed E-state index contributed by atoms with van der Waals surface area (Å²) in [5.41, 5.74) is 1.97. The summed E-state index contributed by atoms with van der Waals surface area (Å²) >= 11 is 0. The second-order valence-electron chi connectivity index (χ2n) is 7.82. The first-order chi connectivity index (χ1) is 17.6. The van der Waals surface area contributed by atoms with Gasteiger partial charge in [0.05, 0.1) is 24.2 Å². The molecule has 0 aliphatic carbocycles. The van der Waals surface area contributed by atoms with Crippen LogP contribution in [-0.4, -0.2) is 41.1 Å². The molecule has 3 aromatic carbocycles. The summed E-state index contributed by atoms with van der Waals surface area (Å²) in [5, 5.41) is 13.0. The molecule has 1 unspecified atom stereocenters. The number of carbonyl (C=O) groups excluding carboxylic acids is 3. The van der Waals surface area contributed by atoms with Crippen LogP contribution in [0.25, 0.3) is 10.9 Å². The standard InChI is InChI=1S/C27H26N4O5/c1-2-35-22-15-9-8-14-21(22)29-27(34)25(18-10-4-3-5-11-18)36-23(32)16-17-28-26(33)24-19-12-6-7-13-20(19)30-31-24/h3-15,25H,2,16-17H2,1H3,(H,28,33)(H,29,34)(H,30,31). The van der Waals surface area contributed by atoms with Crippen molar-refractivity contribution in [2.75, 3.05) is 18.5 Å². The summed E-state index contributed by atoms with van der Waals surface area (Å²) in [6.07, 6.45) is -1.31. The number of aromatic amines is 1. The normalized spacial score (nSPS) is 11.5. The Morgan fingerprint density at radius 3 is 2.47 bits per heavy atom. The molecule has 9 nitrogen and oxygen atoms in total. The first-order valence-corrected chi connectivity index (χ1v) is 11.5. The van der Waals surface area contributed by atoms with E-state index in [0.29, 0.717) is 29.0 Å². The van der Waals surface area contributed by atoms with E-state index in [1.807, 2.05) is 25.1 Å². The Hall–Kier alpha value is -4.66. The van der Waals surface area contributed by atoms with Crippen molar-refractivity contribution < 1.29 is 23.9 Å². The number of ether oxygens (including phenoxy) is 2. The number of nitrogens with one attached hydrogen (secondary N) is 3. The molecule has 2 amide bonds. The van der Waals surface area contributed by atoms with Crippen LogP contribution in [0.3, 0.4) is 0 Å². The van der Waals surface area contributed by atoms with Gasteiger partial charge in [0.2, 0.25) is 6.10 Å². The van der Waals surface area contributed by atoms with E-state index in [4.69, 9.17) is 9.47 Å². The number of hydrogen-bond donors (Lipinski definition) is 3. The number of benzene rings is 3. The van der Waals surface area contributed by atoms with Crippen LogP contribution >= 0.6 is 0 Å². The van der Waals surface area contributed by atoms with Crippen molar-refractivity contribution in [2.24, 2.45) is 0 Å². The van der Waals surface area contributed by atoms with E-state index in [1.165, 1.54) is 0 Å². The summed E-state index contributed by atoms with van der Waals surface area (Å²) in [4.78, 5) is 38.3. The fraction of sp³-hybridized carbons (Fsp3) is 0.185. The zero-order valence-electron chi connectivity index (χ0n) is 19.7. The third kappa shape index (κ3) is 5.87. The maximum absolute atomic E-state index is 13.1. The van der Waals surface area contributed by atoms with Crippen molar-refractivity contribution in [3.05, 3.63) is 90.1 Å². The number of amides is 2. The molecule has 0 aliphatic heterocycles. The van der Waals surface area contributed by atoms with Gasteiger partial charge in [-0.2, -0.15) is 5.10 Å². The molecule has 9 heteroatoms. The lowest BCUT2D eigenvalue weighted by atomic mass is 10.1. The molecule has 184 valence electrons. The molecule has 36 heavy (non-hydrogen) atoms. The van der Waals surface area contributed by atoms with Crippen LogP contribution in [0.2, 0.25) is 0 Å². The van der Waals surface area contributed by atoms with Crippen molar-refractivity contribution in [1.82, 2.24) is 15.5 Å². The van der Waals surface area contributed by atoms with Gasteiger partial charge in [0, 0.05) is 17.5 Å². The van der Waals surface area contributed by atoms with Gasteiger partial charge in [-0.3, -0.25) is 19.5 Å². The lowest BCUT2D eigenvalue weighted by molar-refractivity contribution is -0.154. The fourth-order valence-electron chi connectivity index (χ4n) is 3.64. The van der Waals surface area contributed by atoms with Crippen LogP contribution in [0.4, 0.5) is 5.69 Å². The molecule has 0 saturated heterocycles. The predicted molar refractivity (Wildman–Crippen MR) is 135 cm³/mol. The molecular weight excluding hydrogens is 460 g/mol. The van der Waals surface area contributed by atoms with Crippen molar-refractivity contribution >= 4 is 34.4 Å². The summed E-state index contributed by atoms with van der Waals surface area (Å²) in [7, 11) is 0. The zero-order valence-corrected chi connectivity index (χ0v) is 19.7. The highest BCUT2D eigenvalue weighted by Gasteiger charge is 2.26. The minimum atomic E-state index is -1.18. The maximum atomic E-state index is 13.1. The Balaban J connectivity index is 1.39. The third-order valence-electron chi connectivity index (χ3n) is 5.33. The molecule has 0 radical (unpaired) electrons. The number of esters is 1. The molecule has 1 atom stereocenters. The quantitative estimate of drug-likeness (QED) is 0.291. The minimum absolute atomic E-state index is 0.0230. The Morgan fingerprint density at radius 2 is 1.67 bits per heavy atom. The van der Waals surface area contributed by atoms with E-state index in [-0.39, 0.29) is 18.7 Å². The highest BCUT2D eigenvalue weighted by molar-refractivity contribution is 6.04. The first-order valence-electron chi connectivity index (χ1n) is 11.5. The van der Waals surface area contributed by atoms with Crippen LogP contribution in [0.15, 0.2) is 78.9 Å². The van der Waals surface area contributed by atoms with Gasteiger partial charge < -0.3 is 20.1 Å². The number of H-pyrrole nitrogens is 1. The molecular formula is C27H26N4O5. The number of aromatic nitrogens is 2. The minimum Gasteiger partial charge on any atom is -0.492 e. The first kappa shape index (κ1) is 24.5. The molecule has 0 saturated carbocycles. The zero-order chi connectivity index (χ0) is 25.3. The molecule has 1 heterocycles. The van der Waals surface area contributed by atoms with Gasteiger partial charge >= 0.3 is 5.97 Å². The van der Waals surface area contributed by atoms with Crippen molar-refractivity contribution in [1.29, 1.82) is 0 Å². The molecule has 1 aromatic heterocycles. The number of fused-ring (bicyclic) bond motifs is 1. The van der Waals surface area contributed by atoms with E-state index >= 15 is 0 Å². The van der Waals surface area contributed by atoms with E-state index in [2.05, 4.69) is 20.8 Å². The highest BCUT2D eigenvalue weighted by atomic mass is 16.5. The fourth-order valence-corrected chi connectivity index (χ4v) is 3.64. The van der Waals surface area contributed by atoms with Gasteiger partial charge in [0.15, 0.2) is 5.69 Å². The number of rotatable bonds is 10. The number of para-hydroxylation sites is 3. The monoisotopic (exact) mass is 486 g/mol. The Labute approximate surface area is 207 Å². The van der Waals surface area contributed by atoms with E-state index in [1.54, 1.807) is 60.7 Å². The number of nitrogens with zero attached hydrogens (tertiary/aromatic N) is 1. The molecule has 0 spiro atoms. The summed E-state index contributed by atoms with van der Waals surface area (Å²) < 4.78 is 11.1. The summed E-state index contributed by atoms with van der Waals surface area (Å²) in [6.45, 7) is 2.31. The van der Waals surface area contributed by atoms with Crippen molar-refractivity contribution in [3.63, 3.8) is 0 Å². The Morgan fingerprint density at radius 1 is 0.944 bits per heavy atom. The molecule has 4 aromatic rings. The average molecular weight is 487 g/mol. The van der Waals surface area contributed by atoms with Crippen LogP contribution in [0.1, 0.15) is 35.5 Å². The van der Waals surface area contributed by atoms with E-state index in [9.17, 15) is 14.4 Å². The van der Waals surface area contributed by atoms with Crippen LogP contribution in [0, 0.1) is 0 Å². The SMILES string of the molecule is CCOc1ccccc1NC(=O)C(OC(=O)CCNC(=O)c1n[nH]c2ccccc12)c1ccccc1. The molecule has 4 rings (SSSR count). The van der Waals surface area contributed by atoms with Gasteiger partial charge in [0.25, 0.3) is 11.8 Å².